The van der Waals surface area contributed by atoms with Crippen molar-refractivity contribution in [3.63, 3.8) is 0 Å². The zero-order chi connectivity index (χ0) is 15.4. The second-order valence-corrected chi connectivity index (χ2v) is 6.40. The van der Waals surface area contributed by atoms with Gasteiger partial charge in [-0.05, 0) is 18.6 Å². The van der Waals surface area contributed by atoms with Crippen LogP contribution >= 0.6 is 11.3 Å². The first-order valence-corrected chi connectivity index (χ1v) is 8.25. The highest BCUT2D eigenvalue weighted by atomic mass is 32.1. The summed E-state index contributed by atoms with van der Waals surface area (Å²) in [6, 6.07) is 9.17. The average Bonchev–Trinajstić information content (AvgIpc) is 3.15. The predicted octanol–water partition coefficient (Wildman–Crippen LogP) is 1.64. The third-order valence-corrected chi connectivity index (χ3v) is 4.57. The average molecular weight is 317 g/mol. The van der Waals surface area contributed by atoms with Gasteiger partial charge in [-0.2, -0.15) is 0 Å². The molecular weight excluding hydrogens is 298 g/mol. The summed E-state index contributed by atoms with van der Waals surface area (Å²) < 4.78 is 0. The molecule has 0 bridgehead atoms. The van der Waals surface area contributed by atoms with Crippen LogP contribution in [0.2, 0.25) is 0 Å². The molecule has 1 fully saturated rings. The quantitative estimate of drug-likeness (QED) is 0.880. The second-order valence-electron chi connectivity index (χ2n) is 5.46. The Morgan fingerprint density at radius 3 is 2.95 bits per heavy atom. The SMILES string of the molecule is O=C(NCc1nc(CN2CC[C@H](O)C2)cs1)c1ccccc1. The number of aliphatic hydroxyl groups excluding tert-OH is 1. The summed E-state index contributed by atoms with van der Waals surface area (Å²) >= 11 is 1.56. The molecule has 0 aliphatic carbocycles. The predicted molar refractivity (Wildman–Crippen MR) is 85.6 cm³/mol. The Bertz CT molecular complexity index is 629. The second kappa shape index (κ2) is 7.00. The van der Waals surface area contributed by atoms with Crippen molar-refractivity contribution in [2.75, 3.05) is 13.1 Å². The molecule has 2 heterocycles. The van der Waals surface area contributed by atoms with E-state index in [1.165, 1.54) is 0 Å². The number of hydrogen-bond donors (Lipinski definition) is 2. The largest absolute Gasteiger partial charge is 0.392 e. The van der Waals surface area contributed by atoms with Crippen LogP contribution in [0.4, 0.5) is 0 Å². The van der Waals surface area contributed by atoms with Crippen LogP contribution in [0.3, 0.4) is 0 Å². The topological polar surface area (TPSA) is 65.5 Å². The van der Waals surface area contributed by atoms with Crippen LogP contribution in [0.1, 0.15) is 27.5 Å². The molecule has 6 heteroatoms. The molecule has 0 saturated carbocycles. The standard InChI is InChI=1S/C16H19N3O2S/c20-14-6-7-19(10-14)9-13-11-22-15(18-13)8-17-16(21)12-4-2-1-3-5-12/h1-5,11,14,20H,6-10H2,(H,17,21)/t14-/m0/s1. The number of carbonyl (C=O) groups excluding carboxylic acids is 1. The number of β-amino-alcohol motifs (C(OH)–C–C–N with tert-alkyl or cyclic N) is 1. The number of hydrogen-bond acceptors (Lipinski definition) is 5. The van der Waals surface area contributed by atoms with E-state index in [9.17, 15) is 9.90 Å². The van der Waals surface area contributed by atoms with Gasteiger partial charge in [0.2, 0.25) is 0 Å². The zero-order valence-electron chi connectivity index (χ0n) is 12.2. The third-order valence-electron chi connectivity index (χ3n) is 3.67. The Morgan fingerprint density at radius 1 is 1.41 bits per heavy atom. The fourth-order valence-electron chi connectivity index (χ4n) is 2.54. The lowest BCUT2D eigenvalue weighted by molar-refractivity contribution is 0.0951. The minimum absolute atomic E-state index is 0.0833. The Balaban J connectivity index is 1.50. The van der Waals surface area contributed by atoms with Crippen molar-refractivity contribution >= 4 is 17.2 Å². The first kappa shape index (κ1) is 15.1. The molecule has 3 rings (SSSR count). The molecule has 1 aromatic heterocycles. The summed E-state index contributed by atoms with van der Waals surface area (Å²) in [6.07, 6.45) is 0.632. The first-order chi connectivity index (χ1) is 10.7. The van der Waals surface area contributed by atoms with Gasteiger partial charge in [-0.15, -0.1) is 11.3 Å². The Kier molecular flexibility index (Phi) is 4.82. The molecule has 1 atom stereocenters. The molecule has 5 nitrogen and oxygen atoms in total. The van der Waals surface area contributed by atoms with E-state index in [-0.39, 0.29) is 12.0 Å². The van der Waals surface area contributed by atoms with Crippen LogP contribution < -0.4 is 5.32 Å². The molecule has 116 valence electrons. The summed E-state index contributed by atoms with van der Waals surface area (Å²) in [7, 11) is 0. The maximum Gasteiger partial charge on any atom is 0.251 e. The van der Waals surface area contributed by atoms with Crippen molar-refractivity contribution in [3.8, 4) is 0 Å². The van der Waals surface area contributed by atoms with Crippen molar-refractivity contribution < 1.29 is 9.90 Å². The highest BCUT2D eigenvalue weighted by Gasteiger charge is 2.20. The maximum atomic E-state index is 12.0. The Hall–Kier alpha value is -1.76. The molecule has 0 radical (unpaired) electrons. The fraction of sp³-hybridized carbons (Fsp3) is 0.375. The van der Waals surface area contributed by atoms with Crippen molar-refractivity contribution in [1.82, 2.24) is 15.2 Å². The number of carbonyl (C=O) groups is 1. The molecule has 0 spiro atoms. The van der Waals surface area contributed by atoms with Crippen LogP contribution in [0, 0.1) is 0 Å². The number of aliphatic hydroxyl groups is 1. The minimum Gasteiger partial charge on any atom is -0.392 e. The molecular formula is C16H19N3O2S. The third kappa shape index (κ3) is 3.91. The Labute approximate surface area is 133 Å². The van der Waals surface area contributed by atoms with Crippen molar-refractivity contribution in [2.45, 2.75) is 25.6 Å². The lowest BCUT2D eigenvalue weighted by Crippen LogP contribution is -2.23. The summed E-state index contributed by atoms with van der Waals surface area (Å²) in [5.74, 6) is -0.0833. The number of aromatic nitrogens is 1. The number of rotatable bonds is 5. The maximum absolute atomic E-state index is 12.0. The normalized spacial score (nSPS) is 18.5. The molecule has 22 heavy (non-hydrogen) atoms. The van der Waals surface area contributed by atoms with Gasteiger partial charge in [-0.1, -0.05) is 18.2 Å². The zero-order valence-corrected chi connectivity index (χ0v) is 13.1. The van der Waals surface area contributed by atoms with Gasteiger partial charge in [0.15, 0.2) is 0 Å². The van der Waals surface area contributed by atoms with E-state index in [1.54, 1.807) is 23.5 Å². The number of benzene rings is 1. The van der Waals surface area contributed by atoms with Gasteiger partial charge < -0.3 is 10.4 Å². The highest BCUT2D eigenvalue weighted by Crippen LogP contribution is 2.16. The van der Waals surface area contributed by atoms with Crippen molar-refractivity contribution in [1.29, 1.82) is 0 Å². The number of nitrogens with one attached hydrogen (secondary N) is 1. The lowest BCUT2D eigenvalue weighted by atomic mass is 10.2. The number of nitrogens with zero attached hydrogens (tertiary/aromatic N) is 2. The highest BCUT2D eigenvalue weighted by molar-refractivity contribution is 7.09. The molecule has 0 unspecified atom stereocenters. The minimum atomic E-state index is -0.205. The van der Waals surface area contributed by atoms with Crippen LogP contribution in [-0.2, 0) is 13.1 Å². The number of amides is 1. The van der Waals surface area contributed by atoms with E-state index in [2.05, 4.69) is 15.2 Å². The summed E-state index contributed by atoms with van der Waals surface area (Å²) in [5, 5.41) is 15.3. The van der Waals surface area contributed by atoms with E-state index in [0.29, 0.717) is 12.1 Å². The van der Waals surface area contributed by atoms with Crippen LogP contribution in [0.25, 0.3) is 0 Å². The van der Waals surface area contributed by atoms with Gasteiger partial charge >= 0.3 is 0 Å². The smallest absolute Gasteiger partial charge is 0.251 e. The van der Waals surface area contributed by atoms with E-state index in [1.807, 2.05) is 23.6 Å². The van der Waals surface area contributed by atoms with Crippen molar-refractivity contribution in [3.05, 3.63) is 52.0 Å². The van der Waals surface area contributed by atoms with Crippen molar-refractivity contribution in [2.24, 2.45) is 0 Å². The van der Waals surface area contributed by atoms with Gasteiger partial charge in [-0.25, -0.2) is 4.98 Å². The van der Waals surface area contributed by atoms with Gasteiger partial charge in [0.05, 0.1) is 18.3 Å². The summed E-state index contributed by atoms with van der Waals surface area (Å²) in [6.45, 7) is 2.84. The summed E-state index contributed by atoms with van der Waals surface area (Å²) in [4.78, 5) is 18.7. The summed E-state index contributed by atoms with van der Waals surface area (Å²) in [5.41, 5.74) is 1.66. The molecule has 1 aliphatic heterocycles. The van der Waals surface area contributed by atoms with Crippen LogP contribution in [0.15, 0.2) is 35.7 Å². The van der Waals surface area contributed by atoms with Crippen LogP contribution in [0.5, 0.6) is 0 Å². The van der Waals surface area contributed by atoms with Gasteiger partial charge in [0.25, 0.3) is 5.91 Å². The monoisotopic (exact) mass is 317 g/mol. The van der Waals surface area contributed by atoms with Gasteiger partial charge in [0, 0.05) is 30.6 Å². The van der Waals surface area contributed by atoms with E-state index in [4.69, 9.17) is 0 Å². The van der Waals surface area contributed by atoms with Crippen LogP contribution in [-0.4, -0.2) is 40.1 Å². The molecule has 1 saturated heterocycles. The number of likely N-dealkylation sites (tertiary alicyclic amines) is 1. The van der Waals surface area contributed by atoms with E-state index in [0.717, 1.165) is 36.8 Å². The molecule has 1 aromatic carbocycles. The van der Waals surface area contributed by atoms with Gasteiger partial charge in [-0.3, -0.25) is 9.69 Å². The van der Waals surface area contributed by atoms with E-state index >= 15 is 0 Å². The van der Waals surface area contributed by atoms with E-state index < -0.39 is 0 Å². The lowest BCUT2D eigenvalue weighted by Gasteiger charge is -2.12. The fourth-order valence-corrected chi connectivity index (χ4v) is 3.26. The van der Waals surface area contributed by atoms with Gasteiger partial charge in [0.1, 0.15) is 5.01 Å². The first-order valence-electron chi connectivity index (χ1n) is 7.37. The Morgan fingerprint density at radius 2 is 2.23 bits per heavy atom. The molecule has 1 amide bonds. The number of thiazole rings is 1. The molecule has 1 aliphatic rings. The molecule has 2 aromatic rings. The molecule has 2 N–H and O–H groups in total.